The molecular formula is C10H13N5O3S2. The van der Waals surface area contributed by atoms with Crippen molar-refractivity contribution >= 4 is 38.0 Å². The number of sulfonamides is 1. The molecule has 2 aromatic heterocycles. The lowest BCUT2D eigenvalue weighted by atomic mass is 10.3. The summed E-state index contributed by atoms with van der Waals surface area (Å²) in [5.74, 6) is 0.141. The van der Waals surface area contributed by atoms with E-state index in [9.17, 15) is 13.2 Å². The van der Waals surface area contributed by atoms with Crippen LogP contribution in [-0.2, 0) is 14.8 Å². The number of carbonyl (C=O) groups is 1. The van der Waals surface area contributed by atoms with Crippen LogP contribution in [-0.4, -0.2) is 43.3 Å². The van der Waals surface area contributed by atoms with E-state index in [1.54, 1.807) is 18.6 Å². The predicted molar refractivity (Wildman–Crippen MR) is 74.4 cm³/mol. The molecule has 1 unspecified atom stereocenters. The Hall–Kier alpha value is -1.65. The third-order valence-corrected chi connectivity index (χ3v) is 5.31. The van der Waals surface area contributed by atoms with E-state index in [2.05, 4.69) is 20.3 Å². The summed E-state index contributed by atoms with van der Waals surface area (Å²) >= 11 is 1.35. The monoisotopic (exact) mass is 315 g/mol. The van der Waals surface area contributed by atoms with Crippen LogP contribution >= 0.6 is 11.3 Å². The van der Waals surface area contributed by atoms with Crippen LogP contribution in [0.25, 0.3) is 4.96 Å². The zero-order valence-corrected chi connectivity index (χ0v) is 12.2. The van der Waals surface area contributed by atoms with E-state index in [1.807, 2.05) is 0 Å². The topological polar surface area (TPSA) is 105 Å². The van der Waals surface area contributed by atoms with Crippen LogP contribution in [0.1, 0.15) is 6.42 Å². The van der Waals surface area contributed by atoms with Gasteiger partial charge in [0.2, 0.25) is 5.91 Å². The first-order valence-corrected chi connectivity index (χ1v) is 8.30. The molecule has 1 saturated heterocycles. The van der Waals surface area contributed by atoms with Gasteiger partial charge < -0.3 is 10.6 Å². The summed E-state index contributed by atoms with van der Waals surface area (Å²) in [5.41, 5.74) is 0. The SMILES string of the molecule is CNc1nc2sccn2c1S(=O)(=O)NC1CNC(=O)C1. The van der Waals surface area contributed by atoms with E-state index >= 15 is 0 Å². The molecule has 1 aliphatic heterocycles. The Morgan fingerprint density at radius 3 is 3.00 bits per heavy atom. The summed E-state index contributed by atoms with van der Waals surface area (Å²) in [7, 11) is -2.14. The van der Waals surface area contributed by atoms with E-state index in [4.69, 9.17) is 0 Å². The summed E-state index contributed by atoms with van der Waals surface area (Å²) < 4.78 is 29.1. The van der Waals surface area contributed by atoms with Crippen molar-refractivity contribution in [1.82, 2.24) is 19.4 Å². The Morgan fingerprint density at radius 1 is 1.55 bits per heavy atom. The maximum absolute atomic E-state index is 12.5. The van der Waals surface area contributed by atoms with Crippen LogP contribution in [0.15, 0.2) is 16.6 Å². The highest BCUT2D eigenvalue weighted by Gasteiger charge is 2.31. The molecule has 2 aromatic rings. The number of carbonyl (C=O) groups excluding carboxylic acids is 1. The Labute approximate surface area is 119 Å². The largest absolute Gasteiger partial charge is 0.371 e. The number of hydrogen-bond acceptors (Lipinski definition) is 6. The fourth-order valence-electron chi connectivity index (χ4n) is 2.15. The maximum Gasteiger partial charge on any atom is 0.260 e. The lowest BCUT2D eigenvalue weighted by Gasteiger charge is -2.11. The third-order valence-electron chi connectivity index (χ3n) is 3.01. The van der Waals surface area contributed by atoms with Crippen molar-refractivity contribution in [2.75, 3.05) is 18.9 Å². The molecule has 8 nitrogen and oxygen atoms in total. The van der Waals surface area contributed by atoms with Crippen molar-refractivity contribution < 1.29 is 13.2 Å². The molecule has 10 heteroatoms. The molecule has 1 aliphatic rings. The van der Waals surface area contributed by atoms with Gasteiger partial charge in [-0.25, -0.2) is 18.1 Å². The first-order valence-electron chi connectivity index (χ1n) is 5.93. The lowest BCUT2D eigenvalue weighted by molar-refractivity contribution is -0.119. The lowest BCUT2D eigenvalue weighted by Crippen LogP contribution is -2.37. The summed E-state index contributed by atoms with van der Waals surface area (Å²) in [6, 6.07) is -0.429. The van der Waals surface area contributed by atoms with Crippen LogP contribution in [0.3, 0.4) is 0 Å². The molecular weight excluding hydrogens is 302 g/mol. The van der Waals surface area contributed by atoms with Crippen LogP contribution in [0.5, 0.6) is 0 Å². The molecule has 0 spiro atoms. The van der Waals surface area contributed by atoms with Crippen molar-refractivity contribution in [1.29, 1.82) is 0 Å². The minimum Gasteiger partial charge on any atom is -0.371 e. The average molecular weight is 315 g/mol. The molecule has 3 N–H and O–H groups in total. The number of rotatable bonds is 4. The van der Waals surface area contributed by atoms with Gasteiger partial charge in [-0.15, -0.1) is 11.3 Å². The highest BCUT2D eigenvalue weighted by atomic mass is 32.2. The summed E-state index contributed by atoms with van der Waals surface area (Å²) in [6.07, 6.45) is 1.81. The molecule has 0 aromatic carbocycles. The molecule has 0 bridgehead atoms. The Bertz CT molecular complexity index is 763. The van der Waals surface area contributed by atoms with Crippen molar-refractivity contribution in [2.45, 2.75) is 17.5 Å². The maximum atomic E-state index is 12.5. The number of anilines is 1. The van der Waals surface area contributed by atoms with E-state index in [-0.39, 0.29) is 17.4 Å². The molecule has 1 amide bonds. The molecule has 0 radical (unpaired) electrons. The second-order valence-electron chi connectivity index (χ2n) is 4.40. The van der Waals surface area contributed by atoms with Crippen molar-refractivity contribution in [2.24, 2.45) is 0 Å². The predicted octanol–water partition coefficient (Wildman–Crippen LogP) is -0.396. The smallest absolute Gasteiger partial charge is 0.260 e. The fourth-order valence-corrected chi connectivity index (χ4v) is 4.45. The van der Waals surface area contributed by atoms with Crippen molar-refractivity contribution in [3.63, 3.8) is 0 Å². The zero-order chi connectivity index (χ0) is 14.3. The molecule has 108 valence electrons. The zero-order valence-electron chi connectivity index (χ0n) is 10.6. The third kappa shape index (κ3) is 2.15. The van der Waals surface area contributed by atoms with Crippen LogP contribution in [0.2, 0.25) is 0 Å². The summed E-state index contributed by atoms with van der Waals surface area (Å²) in [6.45, 7) is 0.304. The number of amides is 1. The number of hydrogen-bond donors (Lipinski definition) is 3. The van der Waals surface area contributed by atoms with Crippen LogP contribution in [0.4, 0.5) is 5.82 Å². The Morgan fingerprint density at radius 2 is 2.35 bits per heavy atom. The quantitative estimate of drug-likeness (QED) is 0.712. The molecule has 1 fully saturated rings. The van der Waals surface area contributed by atoms with Crippen molar-refractivity contribution in [3.8, 4) is 0 Å². The standard InChI is InChI=1S/C10H13N5O3S2/c1-11-8-9(15-2-3-19-10(15)13-8)20(17,18)14-6-4-7(16)12-5-6/h2-3,6,11,14H,4-5H2,1H3,(H,12,16). The van der Waals surface area contributed by atoms with Crippen LogP contribution in [0, 0.1) is 0 Å². The molecule has 20 heavy (non-hydrogen) atoms. The van der Waals surface area contributed by atoms with E-state index < -0.39 is 16.1 Å². The van der Waals surface area contributed by atoms with Gasteiger partial charge in [-0.1, -0.05) is 0 Å². The van der Waals surface area contributed by atoms with E-state index in [0.29, 0.717) is 17.3 Å². The van der Waals surface area contributed by atoms with Gasteiger partial charge in [0, 0.05) is 37.6 Å². The number of fused-ring (bicyclic) bond motifs is 1. The van der Waals surface area contributed by atoms with Gasteiger partial charge >= 0.3 is 0 Å². The minimum absolute atomic E-state index is 0.0654. The highest BCUT2D eigenvalue weighted by molar-refractivity contribution is 7.89. The van der Waals surface area contributed by atoms with Crippen LogP contribution < -0.4 is 15.4 Å². The second kappa shape index (κ2) is 4.72. The molecule has 3 rings (SSSR count). The summed E-state index contributed by atoms with van der Waals surface area (Å²) in [4.78, 5) is 16.0. The van der Waals surface area contributed by atoms with Gasteiger partial charge in [0.25, 0.3) is 10.0 Å². The van der Waals surface area contributed by atoms with Gasteiger partial charge in [-0.05, 0) is 0 Å². The van der Waals surface area contributed by atoms with Gasteiger partial charge in [0.15, 0.2) is 15.8 Å². The fraction of sp³-hybridized carbons (Fsp3) is 0.400. The molecule has 1 atom stereocenters. The molecule has 0 saturated carbocycles. The number of imidazole rings is 1. The number of nitrogens with one attached hydrogen (secondary N) is 3. The van der Waals surface area contributed by atoms with Gasteiger partial charge in [0.1, 0.15) is 0 Å². The molecule has 3 heterocycles. The van der Waals surface area contributed by atoms with Crippen molar-refractivity contribution in [3.05, 3.63) is 11.6 Å². The van der Waals surface area contributed by atoms with Gasteiger partial charge in [-0.2, -0.15) is 0 Å². The Kier molecular flexibility index (Phi) is 3.15. The van der Waals surface area contributed by atoms with E-state index in [0.717, 1.165) is 0 Å². The molecule has 0 aliphatic carbocycles. The Balaban J connectivity index is 1.99. The normalized spacial score (nSPS) is 19.4. The second-order valence-corrected chi connectivity index (χ2v) is 6.90. The minimum atomic E-state index is -3.76. The van der Waals surface area contributed by atoms with Gasteiger partial charge in [0.05, 0.1) is 0 Å². The average Bonchev–Trinajstić information content (AvgIpc) is 3.02. The van der Waals surface area contributed by atoms with Gasteiger partial charge in [-0.3, -0.25) is 9.20 Å². The summed E-state index contributed by atoms with van der Waals surface area (Å²) in [5, 5.41) is 7.21. The number of aromatic nitrogens is 2. The highest BCUT2D eigenvalue weighted by Crippen LogP contribution is 2.25. The first kappa shape index (κ1) is 13.3. The number of nitrogens with zero attached hydrogens (tertiary/aromatic N) is 2. The van der Waals surface area contributed by atoms with E-state index in [1.165, 1.54) is 15.7 Å². The first-order chi connectivity index (χ1) is 9.51. The number of thiazole rings is 1.